The number of ether oxygens (including phenoxy) is 1. The zero-order valence-corrected chi connectivity index (χ0v) is 16.5. The molecule has 0 spiro atoms. The number of rotatable bonds is 7. The molecule has 0 aliphatic heterocycles. The molecule has 0 radical (unpaired) electrons. The summed E-state index contributed by atoms with van der Waals surface area (Å²) in [5.41, 5.74) is -1.19. The lowest BCUT2D eigenvalue weighted by molar-refractivity contribution is -0.275. The summed E-state index contributed by atoms with van der Waals surface area (Å²) in [6.45, 7) is -0.465. The van der Waals surface area contributed by atoms with Crippen molar-refractivity contribution in [3.05, 3.63) is 69.0 Å². The van der Waals surface area contributed by atoms with Gasteiger partial charge in [0.05, 0.1) is 0 Å². The number of halogens is 3. The van der Waals surface area contributed by atoms with Crippen LogP contribution in [-0.4, -0.2) is 26.4 Å². The Bertz CT molecular complexity index is 982. The first-order valence-electron chi connectivity index (χ1n) is 7.75. The highest BCUT2D eigenvalue weighted by molar-refractivity contribution is 7.89. The van der Waals surface area contributed by atoms with E-state index in [2.05, 4.69) is 9.46 Å². The van der Waals surface area contributed by atoms with Crippen molar-refractivity contribution in [2.24, 2.45) is 0 Å². The fourth-order valence-electron chi connectivity index (χ4n) is 2.50. The van der Waals surface area contributed by atoms with Gasteiger partial charge in [0.15, 0.2) is 0 Å². The van der Waals surface area contributed by atoms with Gasteiger partial charge < -0.3 is 9.84 Å². The molecule has 11 heteroatoms. The van der Waals surface area contributed by atoms with Crippen molar-refractivity contribution in [1.29, 1.82) is 0 Å². The Labute approximate surface area is 167 Å². The molecule has 2 aromatic heterocycles. The van der Waals surface area contributed by atoms with Crippen LogP contribution in [0.3, 0.4) is 0 Å². The van der Waals surface area contributed by atoms with Crippen molar-refractivity contribution in [2.45, 2.75) is 16.9 Å². The van der Waals surface area contributed by atoms with Crippen molar-refractivity contribution in [3.63, 3.8) is 0 Å². The number of nitrogens with one attached hydrogen (secondary N) is 1. The Hall–Kier alpha value is -1.92. The molecule has 1 atom stereocenters. The van der Waals surface area contributed by atoms with E-state index in [0.717, 1.165) is 12.1 Å². The van der Waals surface area contributed by atoms with Crippen molar-refractivity contribution in [1.82, 2.24) is 4.72 Å². The number of para-hydroxylation sites is 1. The van der Waals surface area contributed by atoms with Gasteiger partial charge in [-0.05, 0) is 40.4 Å². The van der Waals surface area contributed by atoms with Crippen LogP contribution in [0.4, 0.5) is 13.2 Å². The van der Waals surface area contributed by atoms with E-state index in [0.29, 0.717) is 10.4 Å². The summed E-state index contributed by atoms with van der Waals surface area (Å²) in [5.74, 6) is -0.849. The zero-order valence-electron chi connectivity index (χ0n) is 14.0. The maximum Gasteiger partial charge on any atom is 0.573 e. The van der Waals surface area contributed by atoms with E-state index in [9.17, 15) is 26.7 Å². The first-order valence-corrected chi connectivity index (χ1v) is 11.1. The van der Waals surface area contributed by atoms with E-state index in [1.807, 2.05) is 0 Å². The summed E-state index contributed by atoms with van der Waals surface area (Å²) in [4.78, 5) is -0.181. The van der Waals surface area contributed by atoms with Gasteiger partial charge in [-0.25, -0.2) is 13.1 Å². The van der Waals surface area contributed by atoms with Crippen LogP contribution >= 0.6 is 22.7 Å². The summed E-state index contributed by atoms with van der Waals surface area (Å²) >= 11 is 2.56. The fourth-order valence-corrected chi connectivity index (χ4v) is 5.26. The number of hydrogen-bond acceptors (Lipinski definition) is 6. The summed E-state index contributed by atoms with van der Waals surface area (Å²) in [6, 6.07) is 9.43. The average Bonchev–Trinajstić information content (AvgIpc) is 3.32. The summed E-state index contributed by atoms with van der Waals surface area (Å²) in [6.07, 6.45) is -5.04. The normalized spacial score (nSPS) is 14.6. The predicted molar refractivity (Wildman–Crippen MR) is 100.0 cm³/mol. The number of alkyl halides is 3. The van der Waals surface area contributed by atoms with E-state index < -0.39 is 39.2 Å². The molecule has 0 saturated carbocycles. The number of thiophene rings is 2. The van der Waals surface area contributed by atoms with Gasteiger partial charge in [0, 0.05) is 17.0 Å². The molecule has 5 nitrogen and oxygen atoms in total. The van der Waals surface area contributed by atoms with Gasteiger partial charge in [-0.3, -0.25) is 0 Å². The molecule has 3 aromatic rings. The smallest absolute Gasteiger partial charge is 0.404 e. The average molecular weight is 449 g/mol. The molecule has 0 bridgehead atoms. The molecule has 0 amide bonds. The largest absolute Gasteiger partial charge is 0.573 e. The van der Waals surface area contributed by atoms with Gasteiger partial charge >= 0.3 is 6.36 Å². The third-order valence-corrected chi connectivity index (χ3v) is 6.95. The molecule has 0 aliphatic rings. The molecule has 28 heavy (non-hydrogen) atoms. The third kappa shape index (κ3) is 4.55. The zero-order chi connectivity index (χ0) is 20.4. The van der Waals surface area contributed by atoms with Gasteiger partial charge in [0.2, 0.25) is 10.0 Å². The van der Waals surface area contributed by atoms with Crippen LogP contribution in [0.15, 0.2) is 63.5 Å². The van der Waals surface area contributed by atoms with Crippen LogP contribution < -0.4 is 9.46 Å². The number of sulfonamides is 1. The summed E-state index contributed by atoms with van der Waals surface area (Å²) in [5, 5.41) is 16.3. The second-order valence-corrected chi connectivity index (χ2v) is 9.13. The maximum absolute atomic E-state index is 12.7. The Morgan fingerprint density at radius 3 is 2.43 bits per heavy atom. The Kier molecular flexibility index (Phi) is 5.82. The second-order valence-electron chi connectivity index (χ2n) is 5.67. The van der Waals surface area contributed by atoms with Gasteiger partial charge in [-0.2, -0.15) is 11.3 Å². The molecule has 1 aromatic carbocycles. The summed E-state index contributed by atoms with van der Waals surface area (Å²) in [7, 11) is -4.41. The molecular weight excluding hydrogens is 435 g/mol. The number of benzene rings is 1. The minimum atomic E-state index is -5.04. The monoisotopic (exact) mass is 449 g/mol. The second kappa shape index (κ2) is 7.84. The quantitative estimate of drug-likeness (QED) is 0.573. The van der Waals surface area contributed by atoms with E-state index in [4.69, 9.17) is 0 Å². The van der Waals surface area contributed by atoms with Crippen molar-refractivity contribution >= 4 is 32.7 Å². The molecule has 0 saturated heterocycles. The van der Waals surface area contributed by atoms with Crippen LogP contribution in [0.25, 0.3) is 0 Å². The molecule has 0 fully saturated rings. The lowest BCUT2D eigenvalue weighted by Crippen LogP contribution is -2.41. The first-order chi connectivity index (χ1) is 13.1. The highest BCUT2D eigenvalue weighted by Crippen LogP contribution is 2.35. The predicted octanol–water partition coefficient (Wildman–Crippen LogP) is 3.92. The maximum atomic E-state index is 12.7. The van der Waals surface area contributed by atoms with Crippen LogP contribution in [0.5, 0.6) is 5.75 Å². The molecule has 2 N–H and O–H groups in total. The molecule has 2 heterocycles. The first kappa shape index (κ1) is 20.8. The minimum absolute atomic E-state index is 0.465. The molecular formula is C17H14F3NO4S3. The summed E-state index contributed by atoms with van der Waals surface area (Å²) < 4.78 is 69.1. The highest BCUT2D eigenvalue weighted by Gasteiger charge is 2.37. The Balaban J connectivity index is 1.91. The topological polar surface area (TPSA) is 75.6 Å². The van der Waals surface area contributed by atoms with E-state index >= 15 is 0 Å². The standard InChI is InChI=1S/C17H14F3NO4S3/c18-17(19,20)25-13-4-1-2-5-14(13)28(23,24)21-11-16(22,12-7-9-26-10-12)15-6-3-8-27-15/h1-10,21-22H,11H2/t16-/m0/s1. The Morgan fingerprint density at radius 1 is 1.07 bits per heavy atom. The van der Waals surface area contributed by atoms with Gasteiger partial charge in [-0.1, -0.05) is 18.2 Å². The van der Waals surface area contributed by atoms with Crippen molar-refractivity contribution in [2.75, 3.05) is 6.54 Å². The van der Waals surface area contributed by atoms with Crippen LogP contribution in [0.2, 0.25) is 0 Å². The van der Waals surface area contributed by atoms with Crippen LogP contribution in [0.1, 0.15) is 10.4 Å². The lowest BCUT2D eigenvalue weighted by Gasteiger charge is -2.27. The Morgan fingerprint density at radius 2 is 1.82 bits per heavy atom. The minimum Gasteiger partial charge on any atom is -0.404 e. The van der Waals surface area contributed by atoms with Crippen molar-refractivity contribution in [3.8, 4) is 5.75 Å². The van der Waals surface area contributed by atoms with E-state index in [1.54, 1.807) is 34.3 Å². The molecule has 0 aliphatic carbocycles. The molecule has 0 unspecified atom stereocenters. The van der Waals surface area contributed by atoms with E-state index in [1.165, 1.54) is 34.8 Å². The molecule has 150 valence electrons. The SMILES string of the molecule is O=S(=O)(NC[C@](O)(c1ccsc1)c1cccs1)c1ccccc1OC(F)(F)F. The van der Waals surface area contributed by atoms with E-state index in [-0.39, 0.29) is 0 Å². The van der Waals surface area contributed by atoms with Crippen molar-refractivity contribution < 1.29 is 31.4 Å². The highest BCUT2D eigenvalue weighted by atomic mass is 32.2. The van der Waals surface area contributed by atoms with Crippen LogP contribution in [0, 0.1) is 0 Å². The van der Waals surface area contributed by atoms with Gasteiger partial charge in [-0.15, -0.1) is 24.5 Å². The van der Waals surface area contributed by atoms with Crippen LogP contribution in [-0.2, 0) is 15.6 Å². The molecule has 3 rings (SSSR count). The number of aliphatic hydroxyl groups is 1. The number of hydrogen-bond donors (Lipinski definition) is 2. The van der Waals surface area contributed by atoms with Gasteiger partial charge in [0.1, 0.15) is 16.2 Å². The fraction of sp³-hybridized carbons (Fsp3) is 0.176. The third-order valence-electron chi connectivity index (χ3n) is 3.81. The van der Waals surface area contributed by atoms with Gasteiger partial charge in [0.25, 0.3) is 0 Å². The lowest BCUT2D eigenvalue weighted by atomic mass is 9.95.